The molecule has 1 aromatic carbocycles. The van der Waals surface area contributed by atoms with Crippen molar-refractivity contribution in [1.82, 2.24) is 14.8 Å². The molecule has 1 N–H and O–H groups in total. The second-order valence-corrected chi connectivity index (χ2v) is 7.31. The van der Waals surface area contributed by atoms with Crippen LogP contribution in [0.5, 0.6) is 0 Å². The SMILES string of the molecule is CCn1c(Nc2cccc(Cl)c2)nnc(SCc2cccs2)c1=O. The molecule has 0 radical (unpaired) electrons. The highest BCUT2D eigenvalue weighted by Gasteiger charge is 2.12. The van der Waals surface area contributed by atoms with Crippen molar-refractivity contribution >= 4 is 46.3 Å². The van der Waals surface area contributed by atoms with Gasteiger partial charge < -0.3 is 5.32 Å². The van der Waals surface area contributed by atoms with Gasteiger partial charge in [0.1, 0.15) is 0 Å². The Hall–Kier alpha value is -1.83. The van der Waals surface area contributed by atoms with Gasteiger partial charge in [0, 0.05) is 27.9 Å². The second kappa shape index (κ2) is 7.83. The average molecular weight is 379 g/mol. The fourth-order valence-corrected chi connectivity index (χ4v) is 3.94. The molecule has 0 atom stereocenters. The van der Waals surface area contributed by atoms with Gasteiger partial charge >= 0.3 is 0 Å². The molecular weight excluding hydrogens is 364 g/mol. The van der Waals surface area contributed by atoms with Gasteiger partial charge in [0.05, 0.1) is 0 Å². The van der Waals surface area contributed by atoms with Crippen LogP contribution in [0.4, 0.5) is 11.6 Å². The number of nitrogens with one attached hydrogen (secondary N) is 1. The number of halogens is 1. The van der Waals surface area contributed by atoms with Gasteiger partial charge in [-0.25, -0.2) is 0 Å². The summed E-state index contributed by atoms with van der Waals surface area (Å²) in [5.74, 6) is 1.12. The number of nitrogens with zero attached hydrogens (tertiary/aromatic N) is 3. The number of aromatic nitrogens is 3. The molecular formula is C16H15ClN4OS2. The maximum absolute atomic E-state index is 12.6. The average Bonchev–Trinajstić information content (AvgIpc) is 3.08. The van der Waals surface area contributed by atoms with Crippen molar-refractivity contribution in [3.8, 4) is 0 Å². The lowest BCUT2D eigenvalue weighted by molar-refractivity contribution is 0.662. The zero-order chi connectivity index (χ0) is 16.9. The monoisotopic (exact) mass is 378 g/mol. The van der Waals surface area contributed by atoms with Crippen LogP contribution in [0.2, 0.25) is 5.02 Å². The van der Waals surface area contributed by atoms with E-state index in [0.29, 0.717) is 28.3 Å². The Morgan fingerprint density at radius 2 is 2.17 bits per heavy atom. The van der Waals surface area contributed by atoms with Gasteiger partial charge in [-0.3, -0.25) is 9.36 Å². The Balaban J connectivity index is 1.83. The minimum absolute atomic E-state index is 0.140. The highest BCUT2D eigenvalue weighted by Crippen LogP contribution is 2.22. The Labute approximate surface area is 152 Å². The van der Waals surface area contributed by atoms with E-state index in [1.807, 2.05) is 36.6 Å². The third kappa shape index (κ3) is 3.98. The van der Waals surface area contributed by atoms with Crippen molar-refractivity contribution in [1.29, 1.82) is 0 Å². The van der Waals surface area contributed by atoms with Crippen molar-refractivity contribution < 1.29 is 0 Å². The molecule has 0 unspecified atom stereocenters. The lowest BCUT2D eigenvalue weighted by atomic mass is 10.3. The highest BCUT2D eigenvalue weighted by molar-refractivity contribution is 7.98. The Morgan fingerprint density at radius 3 is 2.88 bits per heavy atom. The van der Waals surface area contributed by atoms with Crippen molar-refractivity contribution in [3.05, 3.63) is 62.0 Å². The van der Waals surface area contributed by atoms with Crippen LogP contribution in [0, 0.1) is 0 Å². The summed E-state index contributed by atoms with van der Waals surface area (Å²) in [5.41, 5.74) is 0.621. The maximum atomic E-state index is 12.6. The maximum Gasteiger partial charge on any atom is 0.287 e. The number of thioether (sulfide) groups is 1. The van der Waals surface area contributed by atoms with Crippen LogP contribution in [0.3, 0.4) is 0 Å². The topological polar surface area (TPSA) is 59.8 Å². The summed E-state index contributed by atoms with van der Waals surface area (Å²) in [6.07, 6.45) is 0. The molecule has 0 aliphatic rings. The van der Waals surface area contributed by atoms with Crippen molar-refractivity contribution in [2.45, 2.75) is 24.2 Å². The summed E-state index contributed by atoms with van der Waals surface area (Å²) in [7, 11) is 0. The third-order valence-corrected chi connectivity index (χ3v) is 5.53. The number of hydrogen-bond donors (Lipinski definition) is 1. The van der Waals surface area contributed by atoms with Crippen LogP contribution in [0.1, 0.15) is 11.8 Å². The fourth-order valence-electron chi connectivity index (χ4n) is 2.11. The molecule has 2 aromatic heterocycles. The first-order chi connectivity index (χ1) is 11.7. The zero-order valence-electron chi connectivity index (χ0n) is 12.9. The molecule has 5 nitrogen and oxygen atoms in total. The van der Waals surface area contributed by atoms with E-state index in [0.717, 1.165) is 5.69 Å². The van der Waals surface area contributed by atoms with E-state index in [4.69, 9.17) is 11.6 Å². The van der Waals surface area contributed by atoms with Crippen LogP contribution >= 0.6 is 34.7 Å². The first-order valence-electron chi connectivity index (χ1n) is 7.32. The molecule has 0 aliphatic carbocycles. The molecule has 3 aromatic rings. The predicted octanol–water partition coefficient (Wildman–Crippen LogP) is 4.41. The van der Waals surface area contributed by atoms with Gasteiger partial charge in [-0.05, 0) is 36.6 Å². The number of thiophene rings is 1. The molecule has 0 fully saturated rings. The highest BCUT2D eigenvalue weighted by atomic mass is 35.5. The van der Waals surface area contributed by atoms with Gasteiger partial charge in [0.25, 0.3) is 5.56 Å². The van der Waals surface area contributed by atoms with Crippen LogP contribution < -0.4 is 10.9 Å². The van der Waals surface area contributed by atoms with E-state index in [9.17, 15) is 4.79 Å². The molecule has 24 heavy (non-hydrogen) atoms. The zero-order valence-corrected chi connectivity index (χ0v) is 15.3. The smallest absolute Gasteiger partial charge is 0.287 e. The largest absolute Gasteiger partial charge is 0.324 e. The van der Waals surface area contributed by atoms with Crippen LogP contribution in [-0.2, 0) is 12.3 Å². The number of anilines is 2. The minimum Gasteiger partial charge on any atom is -0.324 e. The molecule has 0 bridgehead atoms. The van der Waals surface area contributed by atoms with Gasteiger partial charge in [0.15, 0.2) is 5.03 Å². The Bertz CT molecular complexity index is 880. The van der Waals surface area contributed by atoms with E-state index >= 15 is 0 Å². The number of hydrogen-bond acceptors (Lipinski definition) is 6. The van der Waals surface area contributed by atoms with E-state index in [1.54, 1.807) is 28.0 Å². The molecule has 8 heteroatoms. The summed E-state index contributed by atoms with van der Waals surface area (Å²) in [5, 5.41) is 14.4. The molecule has 0 amide bonds. The lowest BCUT2D eigenvalue weighted by Crippen LogP contribution is -2.26. The molecule has 2 heterocycles. The standard InChI is InChI=1S/C16H15ClN4OS2/c1-2-21-15(22)14(24-10-13-7-4-8-23-13)19-20-16(21)18-12-6-3-5-11(17)9-12/h3-9H,2,10H2,1H3,(H,18,20). The van der Waals surface area contributed by atoms with Gasteiger partial charge in [-0.15, -0.1) is 21.5 Å². The normalized spacial score (nSPS) is 10.8. The van der Waals surface area contributed by atoms with Gasteiger partial charge in [-0.1, -0.05) is 35.5 Å². The van der Waals surface area contributed by atoms with Gasteiger partial charge in [0.2, 0.25) is 5.95 Å². The quantitative estimate of drug-likeness (QED) is 0.644. The first kappa shape index (κ1) is 17.0. The fraction of sp³-hybridized carbons (Fsp3) is 0.188. The molecule has 0 aliphatic heterocycles. The second-order valence-electron chi connectivity index (χ2n) is 4.88. The van der Waals surface area contributed by atoms with Crippen molar-refractivity contribution in [3.63, 3.8) is 0 Å². The Kier molecular flexibility index (Phi) is 5.55. The predicted molar refractivity (Wildman–Crippen MR) is 101 cm³/mol. The van der Waals surface area contributed by atoms with Crippen LogP contribution in [0.15, 0.2) is 51.6 Å². The first-order valence-corrected chi connectivity index (χ1v) is 9.57. The van der Waals surface area contributed by atoms with E-state index in [1.165, 1.54) is 16.6 Å². The van der Waals surface area contributed by atoms with Crippen LogP contribution in [0.25, 0.3) is 0 Å². The molecule has 0 saturated heterocycles. The van der Waals surface area contributed by atoms with Crippen molar-refractivity contribution in [2.24, 2.45) is 0 Å². The molecule has 0 saturated carbocycles. The molecule has 3 rings (SSSR count). The van der Waals surface area contributed by atoms with Crippen LogP contribution in [-0.4, -0.2) is 14.8 Å². The molecule has 124 valence electrons. The third-order valence-electron chi connectivity index (χ3n) is 3.25. The number of rotatable bonds is 6. The summed E-state index contributed by atoms with van der Waals surface area (Å²) in [4.78, 5) is 13.8. The summed E-state index contributed by atoms with van der Waals surface area (Å²) in [6, 6.07) is 11.3. The summed E-state index contributed by atoms with van der Waals surface area (Å²) in [6.45, 7) is 2.41. The summed E-state index contributed by atoms with van der Waals surface area (Å²) < 4.78 is 1.57. The Morgan fingerprint density at radius 1 is 1.29 bits per heavy atom. The summed E-state index contributed by atoms with van der Waals surface area (Å²) >= 11 is 9.05. The minimum atomic E-state index is -0.140. The van der Waals surface area contributed by atoms with E-state index in [-0.39, 0.29) is 5.56 Å². The molecule has 0 spiro atoms. The van der Waals surface area contributed by atoms with Gasteiger partial charge in [-0.2, -0.15) is 0 Å². The van der Waals surface area contributed by atoms with E-state index < -0.39 is 0 Å². The van der Waals surface area contributed by atoms with Crippen molar-refractivity contribution in [2.75, 3.05) is 5.32 Å². The van der Waals surface area contributed by atoms with E-state index in [2.05, 4.69) is 15.5 Å². The number of benzene rings is 1. The lowest BCUT2D eigenvalue weighted by Gasteiger charge is -2.12.